The maximum atomic E-state index is 11.7. The zero-order chi connectivity index (χ0) is 14.3. The van der Waals surface area contributed by atoms with Gasteiger partial charge >= 0.3 is 0 Å². The lowest BCUT2D eigenvalue weighted by molar-refractivity contribution is -0.121. The first-order valence-electron chi connectivity index (χ1n) is 6.28. The Labute approximate surface area is 114 Å². The number of methoxy groups -OCH3 is 2. The second-order valence-electron chi connectivity index (χ2n) is 4.26. The van der Waals surface area contributed by atoms with Crippen LogP contribution in [0.1, 0.15) is 24.9 Å². The quantitative estimate of drug-likeness (QED) is 0.785. The number of rotatable bonds is 7. The van der Waals surface area contributed by atoms with E-state index in [2.05, 4.69) is 10.6 Å². The normalized spacial score (nSPS) is 11.8. The monoisotopic (exact) mass is 266 g/mol. The zero-order valence-corrected chi connectivity index (χ0v) is 11.9. The summed E-state index contributed by atoms with van der Waals surface area (Å²) in [7, 11) is 5.02. The van der Waals surface area contributed by atoms with Crippen LogP contribution in [0.25, 0.3) is 0 Å². The topological polar surface area (TPSA) is 59.6 Å². The molecule has 0 spiro atoms. The van der Waals surface area contributed by atoms with E-state index >= 15 is 0 Å². The minimum atomic E-state index is -0.0656. The molecule has 5 heteroatoms. The summed E-state index contributed by atoms with van der Waals surface area (Å²) in [5.74, 6) is 1.37. The molecule has 5 nitrogen and oxygen atoms in total. The fourth-order valence-electron chi connectivity index (χ4n) is 1.76. The average molecular weight is 266 g/mol. The molecule has 0 aliphatic heterocycles. The SMILES string of the molecule is CNCCC(=O)NC(C)c1ccc(OC)c(OC)c1. The third-order valence-electron chi connectivity index (χ3n) is 2.89. The van der Waals surface area contributed by atoms with Crippen LogP contribution in [0.4, 0.5) is 0 Å². The summed E-state index contributed by atoms with van der Waals surface area (Å²) in [6, 6.07) is 5.57. The molecule has 0 saturated carbocycles. The standard InChI is InChI=1S/C14H22N2O3/c1-10(16-14(17)7-8-15-2)11-5-6-12(18-3)13(9-11)19-4/h5-6,9-10,15H,7-8H2,1-4H3,(H,16,17). The summed E-state index contributed by atoms with van der Waals surface area (Å²) in [5, 5.41) is 5.89. The van der Waals surface area contributed by atoms with E-state index in [1.54, 1.807) is 14.2 Å². The largest absolute Gasteiger partial charge is 0.493 e. The first kappa shape index (κ1) is 15.3. The van der Waals surface area contributed by atoms with Crippen molar-refractivity contribution in [3.05, 3.63) is 23.8 Å². The Bertz CT molecular complexity index is 421. The van der Waals surface area contributed by atoms with Crippen LogP contribution < -0.4 is 20.1 Å². The van der Waals surface area contributed by atoms with Crippen molar-refractivity contribution in [1.82, 2.24) is 10.6 Å². The lowest BCUT2D eigenvalue weighted by Crippen LogP contribution is -2.29. The summed E-state index contributed by atoms with van der Waals surface area (Å²) in [6.07, 6.45) is 0.466. The highest BCUT2D eigenvalue weighted by Crippen LogP contribution is 2.29. The van der Waals surface area contributed by atoms with Gasteiger partial charge < -0.3 is 20.1 Å². The van der Waals surface area contributed by atoms with E-state index < -0.39 is 0 Å². The molecule has 19 heavy (non-hydrogen) atoms. The van der Waals surface area contributed by atoms with Gasteiger partial charge in [-0.15, -0.1) is 0 Å². The molecule has 1 amide bonds. The van der Waals surface area contributed by atoms with Gasteiger partial charge in [0.15, 0.2) is 11.5 Å². The van der Waals surface area contributed by atoms with Gasteiger partial charge in [-0.1, -0.05) is 6.07 Å². The third kappa shape index (κ3) is 4.44. The summed E-state index contributed by atoms with van der Waals surface area (Å²) in [6.45, 7) is 2.61. The molecule has 0 heterocycles. The average Bonchev–Trinajstić information content (AvgIpc) is 2.44. The van der Waals surface area contributed by atoms with E-state index in [0.29, 0.717) is 24.5 Å². The molecule has 0 saturated heterocycles. The van der Waals surface area contributed by atoms with Crippen LogP contribution in [-0.2, 0) is 4.79 Å². The Balaban J connectivity index is 2.71. The Morgan fingerprint density at radius 2 is 1.95 bits per heavy atom. The summed E-state index contributed by atoms with van der Waals surface area (Å²) >= 11 is 0. The second kappa shape index (κ2) is 7.63. The first-order valence-corrected chi connectivity index (χ1v) is 6.28. The van der Waals surface area contributed by atoms with Gasteiger partial charge in [0, 0.05) is 13.0 Å². The van der Waals surface area contributed by atoms with Crippen LogP contribution in [0.15, 0.2) is 18.2 Å². The third-order valence-corrected chi connectivity index (χ3v) is 2.89. The van der Waals surface area contributed by atoms with E-state index in [9.17, 15) is 4.79 Å². The molecular formula is C14H22N2O3. The summed E-state index contributed by atoms with van der Waals surface area (Å²) in [5.41, 5.74) is 0.982. The number of hydrogen-bond acceptors (Lipinski definition) is 4. The number of ether oxygens (including phenoxy) is 2. The van der Waals surface area contributed by atoms with E-state index in [-0.39, 0.29) is 11.9 Å². The van der Waals surface area contributed by atoms with Crippen molar-refractivity contribution >= 4 is 5.91 Å². The Hall–Kier alpha value is -1.75. The van der Waals surface area contributed by atoms with Crippen molar-refractivity contribution in [3.63, 3.8) is 0 Å². The smallest absolute Gasteiger partial charge is 0.221 e. The Morgan fingerprint density at radius 3 is 2.53 bits per heavy atom. The maximum Gasteiger partial charge on any atom is 0.221 e. The molecule has 1 aromatic rings. The number of benzene rings is 1. The van der Waals surface area contributed by atoms with Crippen molar-refractivity contribution in [2.75, 3.05) is 27.8 Å². The summed E-state index contributed by atoms with van der Waals surface area (Å²) in [4.78, 5) is 11.7. The van der Waals surface area contributed by atoms with Gasteiger partial charge in [-0.2, -0.15) is 0 Å². The van der Waals surface area contributed by atoms with Crippen LogP contribution in [0.5, 0.6) is 11.5 Å². The van der Waals surface area contributed by atoms with Gasteiger partial charge in [-0.05, 0) is 31.7 Å². The molecule has 0 bridgehead atoms. The van der Waals surface area contributed by atoms with Crippen molar-refractivity contribution in [2.45, 2.75) is 19.4 Å². The molecule has 0 aliphatic rings. The number of amides is 1. The van der Waals surface area contributed by atoms with Crippen molar-refractivity contribution in [3.8, 4) is 11.5 Å². The molecule has 1 rings (SSSR count). The lowest BCUT2D eigenvalue weighted by Gasteiger charge is -2.16. The molecule has 2 N–H and O–H groups in total. The maximum absolute atomic E-state index is 11.7. The predicted molar refractivity (Wildman–Crippen MR) is 74.6 cm³/mol. The van der Waals surface area contributed by atoms with Gasteiger partial charge in [0.1, 0.15) is 0 Å². The van der Waals surface area contributed by atoms with Crippen LogP contribution in [-0.4, -0.2) is 33.7 Å². The highest BCUT2D eigenvalue weighted by molar-refractivity contribution is 5.76. The molecule has 0 fully saturated rings. The van der Waals surface area contributed by atoms with Crippen molar-refractivity contribution in [1.29, 1.82) is 0 Å². The fourth-order valence-corrected chi connectivity index (χ4v) is 1.76. The Kier molecular flexibility index (Phi) is 6.15. The lowest BCUT2D eigenvalue weighted by atomic mass is 10.1. The van der Waals surface area contributed by atoms with Crippen LogP contribution in [0, 0.1) is 0 Å². The van der Waals surface area contributed by atoms with Crippen LogP contribution in [0.2, 0.25) is 0 Å². The van der Waals surface area contributed by atoms with Gasteiger partial charge in [0.2, 0.25) is 5.91 Å². The molecule has 0 aliphatic carbocycles. The van der Waals surface area contributed by atoms with Gasteiger partial charge in [0.25, 0.3) is 0 Å². The molecule has 0 radical (unpaired) electrons. The number of carbonyl (C=O) groups is 1. The molecule has 0 aromatic heterocycles. The second-order valence-corrected chi connectivity index (χ2v) is 4.26. The van der Waals surface area contributed by atoms with E-state index in [4.69, 9.17) is 9.47 Å². The fraction of sp³-hybridized carbons (Fsp3) is 0.500. The highest BCUT2D eigenvalue weighted by atomic mass is 16.5. The molecule has 1 aromatic carbocycles. The summed E-state index contributed by atoms with van der Waals surface area (Å²) < 4.78 is 10.4. The predicted octanol–water partition coefficient (Wildman–Crippen LogP) is 1.49. The first-order chi connectivity index (χ1) is 9.12. The van der Waals surface area contributed by atoms with E-state index in [1.165, 1.54) is 0 Å². The zero-order valence-electron chi connectivity index (χ0n) is 11.9. The van der Waals surface area contributed by atoms with E-state index in [1.807, 2.05) is 32.2 Å². The molecule has 1 unspecified atom stereocenters. The Morgan fingerprint density at radius 1 is 1.26 bits per heavy atom. The van der Waals surface area contributed by atoms with Crippen molar-refractivity contribution < 1.29 is 14.3 Å². The van der Waals surface area contributed by atoms with E-state index in [0.717, 1.165) is 5.56 Å². The van der Waals surface area contributed by atoms with Crippen LogP contribution in [0.3, 0.4) is 0 Å². The van der Waals surface area contributed by atoms with Crippen LogP contribution >= 0.6 is 0 Å². The van der Waals surface area contributed by atoms with Crippen molar-refractivity contribution in [2.24, 2.45) is 0 Å². The van der Waals surface area contributed by atoms with Gasteiger partial charge in [0.05, 0.1) is 20.3 Å². The minimum Gasteiger partial charge on any atom is -0.493 e. The highest BCUT2D eigenvalue weighted by Gasteiger charge is 2.12. The van der Waals surface area contributed by atoms with Gasteiger partial charge in [-0.25, -0.2) is 0 Å². The number of nitrogens with one attached hydrogen (secondary N) is 2. The number of hydrogen-bond donors (Lipinski definition) is 2. The minimum absolute atomic E-state index is 0.0247. The number of carbonyl (C=O) groups excluding carboxylic acids is 1. The molecular weight excluding hydrogens is 244 g/mol. The molecule has 106 valence electrons. The van der Waals surface area contributed by atoms with Gasteiger partial charge in [-0.3, -0.25) is 4.79 Å². The molecule has 1 atom stereocenters.